The number of benzene rings is 1. The summed E-state index contributed by atoms with van der Waals surface area (Å²) in [6.07, 6.45) is 4.89. The maximum atomic E-state index is 12.9. The van der Waals surface area contributed by atoms with Crippen molar-refractivity contribution in [2.45, 2.75) is 64.7 Å². The van der Waals surface area contributed by atoms with Crippen molar-refractivity contribution >= 4 is 22.8 Å². The third kappa shape index (κ3) is 4.79. The molecule has 0 bridgehead atoms. The Bertz CT molecular complexity index is 1040. The first-order valence-electron chi connectivity index (χ1n) is 11.1. The molecule has 2 aromatic rings. The molecule has 2 atom stereocenters. The van der Waals surface area contributed by atoms with Gasteiger partial charge in [-0.15, -0.1) is 0 Å². The van der Waals surface area contributed by atoms with Gasteiger partial charge in [0.05, 0.1) is 28.7 Å². The number of nitrogens with zero attached hydrogens (tertiary/aromatic N) is 3. The van der Waals surface area contributed by atoms with Gasteiger partial charge in [-0.1, -0.05) is 12.8 Å². The van der Waals surface area contributed by atoms with E-state index < -0.39 is 5.97 Å². The van der Waals surface area contributed by atoms with Gasteiger partial charge < -0.3 is 14.4 Å². The van der Waals surface area contributed by atoms with Crippen LogP contribution in [0.15, 0.2) is 23.0 Å². The fraction of sp³-hybridized carbons (Fsp3) is 0.565. The molecule has 0 unspecified atom stereocenters. The van der Waals surface area contributed by atoms with Crippen LogP contribution in [0.3, 0.4) is 0 Å². The number of morpholine rings is 1. The molecule has 4 rings (SSSR count). The highest BCUT2D eigenvalue weighted by Gasteiger charge is 2.26. The van der Waals surface area contributed by atoms with Crippen molar-refractivity contribution in [2.24, 2.45) is 0 Å². The van der Waals surface area contributed by atoms with E-state index in [0.29, 0.717) is 30.5 Å². The van der Waals surface area contributed by atoms with Gasteiger partial charge in [0.15, 0.2) is 6.61 Å². The number of amides is 1. The van der Waals surface area contributed by atoms with Crippen LogP contribution in [0.1, 0.15) is 55.7 Å². The van der Waals surface area contributed by atoms with Crippen molar-refractivity contribution in [3.05, 3.63) is 39.9 Å². The second-order valence-electron chi connectivity index (χ2n) is 8.51. The molecule has 3 heterocycles. The number of aryl methyl sites for hydroxylation is 1. The number of carbonyl (C=O) groups is 2. The summed E-state index contributed by atoms with van der Waals surface area (Å²) in [6.45, 7) is 5.15. The summed E-state index contributed by atoms with van der Waals surface area (Å²) in [6, 6.07) is 4.77. The van der Waals surface area contributed by atoms with Crippen LogP contribution in [-0.4, -0.2) is 58.2 Å². The van der Waals surface area contributed by atoms with Gasteiger partial charge >= 0.3 is 5.97 Å². The number of rotatable bonds is 3. The smallest absolute Gasteiger partial charge is 0.338 e. The highest BCUT2D eigenvalue weighted by molar-refractivity contribution is 5.95. The number of fused-ring (bicyclic) bond motifs is 2. The van der Waals surface area contributed by atoms with Crippen molar-refractivity contribution in [3.8, 4) is 0 Å². The van der Waals surface area contributed by atoms with Crippen molar-refractivity contribution in [1.29, 1.82) is 0 Å². The number of hydrogen-bond acceptors (Lipinski definition) is 6. The molecular formula is C23H29N3O5. The summed E-state index contributed by atoms with van der Waals surface area (Å²) < 4.78 is 12.7. The standard InChI is InChI=1S/C23H29N3O5/c1-15-12-25(13-16(2)31-15)21(27)14-30-23(29)17-8-9-18-19(11-17)24-20-7-5-3-4-6-10-26(20)22(18)28/h8-9,11,15-16H,3-7,10,12-14H2,1-2H3/t15-,16+. The topological polar surface area (TPSA) is 90.7 Å². The number of carbonyl (C=O) groups excluding carboxylic acids is 2. The fourth-order valence-corrected chi connectivity index (χ4v) is 4.41. The van der Waals surface area contributed by atoms with E-state index in [1.807, 2.05) is 13.8 Å². The molecule has 8 nitrogen and oxygen atoms in total. The molecule has 0 radical (unpaired) electrons. The summed E-state index contributed by atoms with van der Waals surface area (Å²) >= 11 is 0. The zero-order chi connectivity index (χ0) is 22.0. The molecule has 1 fully saturated rings. The molecule has 1 amide bonds. The quantitative estimate of drug-likeness (QED) is 0.698. The number of ether oxygens (including phenoxy) is 2. The lowest BCUT2D eigenvalue weighted by Gasteiger charge is -2.35. The second kappa shape index (κ2) is 9.18. The average Bonchev–Trinajstić information content (AvgIpc) is 2.72. The van der Waals surface area contributed by atoms with E-state index >= 15 is 0 Å². The lowest BCUT2D eigenvalue weighted by atomic mass is 10.1. The zero-order valence-corrected chi connectivity index (χ0v) is 18.1. The number of hydrogen-bond donors (Lipinski definition) is 0. The molecule has 2 aliphatic rings. The van der Waals surface area contributed by atoms with E-state index in [-0.39, 0.29) is 35.8 Å². The summed E-state index contributed by atoms with van der Waals surface area (Å²) in [4.78, 5) is 44.2. The minimum Gasteiger partial charge on any atom is -0.452 e. The maximum Gasteiger partial charge on any atom is 0.338 e. The predicted molar refractivity (Wildman–Crippen MR) is 115 cm³/mol. The molecule has 0 saturated carbocycles. The molecule has 1 aromatic heterocycles. The van der Waals surface area contributed by atoms with E-state index in [0.717, 1.165) is 37.9 Å². The van der Waals surface area contributed by atoms with Crippen LogP contribution in [-0.2, 0) is 27.2 Å². The molecule has 1 saturated heterocycles. The third-order valence-corrected chi connectivity index (χ3v) is 5.90. The van der Waals surface area contributed by atoms with Gasteiger partial charge in [-0.2, -0.15) is 0 Å². The Morgan fingerprint density at radius 2 is 1.87 bits per heavy atom. The highest BCUT2D eigenvalue weighted by atomic mass is 16.5. The van der Waals surface area contributed by atoms with Gasteiger partial charge in [-0.3, -0.25) is 14.2 Å². The first-order valence-corrected chi connectivity index (χ1v) is 11.1. The SMILES string of the molecule is C[C@@H]1CN(C(=O)COC(=O)c2ccc3c(=O)n4c(nc3c2)CCCCCC4)C[C@H](C)O1. The molecule has 31 heavy (non-hydrogen) atoms. The van der Waals surface area contributed by atoms with Crippen LogP contribution >= 0.6 is 0 Å². The van der Waals surface area contributed by atoms with Gasteiger partial charge in [0.2, 0.25) is 0 Å². The van der Waals surface area contributed by atoms with Crippen molar-refractivity contribution < 1.29 is 19.1 Å². The lowest BCUT2D eigenvalue weighted by molar-refractivity contribution is -0.146. The zero-order valence-electron chi connectivity index (χ0n) is 18.1. The average molecular weight is 428 g/mol. The molecule has 166 valence electrons. The van der Waals surface area contributed by atoms with E-state index in [2.05, 4.69) is 4.98 Å². The summed E-state index contributed by atoms with van der Waals surface area (Å²) in [5.41, 5.74) is 0.715. The minimum absolute atomic E-state index is 0.0476. The molecule has 8 heteroatoms. The second-order valence-corrected chi connectivity index (χ2v) is 8.51. The molecule has 0 N–H and O–H groups in total. The maximum absolute atomic E-state index is 12.9. The Kier molecular flexibility index (Phi) is 6.36. The monoisotopic (exact) mass is 427 g/mol. The van der Waals surface area contributed by atoms with Crippen molar-refractivity contribution in [2.75, 3.05) is 19.7 Å². The Hall–Kier alpha value is -2.74. The molecular weight excluding hydrogens is 398 g/mol. The molecule has 2 aliphatic heterocycles. The fourth-order valence-electron chi connectivity index (χ4n) is 4.41. The Labute approximate surface area is 181 Å². The Morgan fingerprint density at radius 1 is 1.13 bits per heavy atom. The van der Waals surface area contributed by atoms with Crippen LogP contribution in [0.2, 0.25) is 0 Å². The van der Waals surface area contributed by atoms with Crippen LogP contribution in [0.4, 0.5) is 0 Å². The number of aromatic nitrogens is 2. The summed E-state index contributed by atoms with van der Waals surface area (Å²) in [5, 5.41) is 0.494. The van der Waals surface area contributed by atoms with Gasteiger partial charge in [0, 0.05) is 26.1 Å². The Morgan fingerprint density at radius 3 is 2.65 bits per heavy atom. The van der Waals surface area contributed by atoms with Gasteiger partial charge in [0.25, 0.3) is 11.5 Å². The van der Waals surface area contributed by atoms with Crippen LogP contribution in [0, 0.1) is 0 Å². The Balaban J connectivity index is 1.49. The molecule has 0 spiro atoms. The predicted octanol–water partition coefficient (Wildman–Crippen LogP) is 2.31. The summed E-state index contributed by atoms with van der Waals surface area (Å²) in [5.74, 6) is -0.0689. The summed E-state index contributed by atoms with van der Waals surface area (Å²) in [7, 11) is 0. The van der Waals surface area contributed by atoms with Crippen molar-refractivity contribution in [1.82, 2.24) is 14.5 Å². The van der Waals surface area contributed by atoms with E-state index in [9.17, 15) is 14.4 Å². The molecule has 0 aliphatic carbocycles. The van der Waals surface area contributed by atoms with Gasteiger partial charge in [0.1, 0.15) is 5.82 Å². The van der Waals surface area contributed by atoms with Crippen molar-refractivity contribution in [3.63, 3.8) is 0 Å². The third-order valence-electron chi connectivity index (χ3n) is 5.90. The normalized spacial score (nSPS) is 21.8. The van der Waals surface area contributed by atoms with Crippen LogP contribution < -0.4 is 5.56 Å². The van der Waals surface area contributed by atoms with E-state index in [4.69, 9.17) is 9.47 Å². The lowest BCUT2D eigenvalue weighted by Crippen LogP contribution is -2.49. The van der Waals surface area contributed by atoms with E-state index in [1.165, 1.54) is 0 Å². The first-order chi connectivity index (χ1) is 14.9. The van der Waals surface area contributed by atoms with E-state index in [1.54, 1.807) is 27.7 Å². The van der Waals surface area contributed by atoms with Crippen LogP contribution in [0.25, 0.3) is 10.9 Å². The largest absolute Gasteiger partial charge is 0.452 e. The van der Waals surface area contributed by atoms with Crippen LogP contribution in [0.5, 0.6) is 0 Å². The number of esters is 1. The van der Waals surface area contributed by atoms with Gasteiger partial charge in [-0.05, 0) is 44.9 Å². The highest BCUT2D eigenvalue weighted by Crippen LogP contribution is 2.17. The first kappa shape index (κ1) is 21.5. The van der Waals surface area contributed by atoms with Gasteiger partial charge in [-0.25, -0.2) is 9.78 Å². The molecule has 1 aromatic carbocycles. The minimum atomic E-state index is -0.599.